The van der Waals surface area contributed by atoms with Crippen molar-refractivity contribution >= 4 is 5.91 Å². The summed E-state index contributed by atoms with van der Waals surface area (Å²) in [7, 11) is 0. The first-order valence-corrected chi connectivity index (χ1v) is 6.38. The molecule has 0 fully saturated rings. The fourth-order valence-corrected chi connectivity index (χ4v) is 1.87. The second-order valence-corrected chi connectivity index (χ2v) is 4.39. The highest BCUT2D eigenvalue weighted by Crippen LogP contribution is 2.16. The van der Waals surface area contributed by atoms with Crippen LogP contribution in [0.1, 0.15) is 29.5 Å². The summed E-state index contributed by atoms with van der Waals surface area (Å²) in [6.45, 7) is 3.18. The molecule has 1 aromatic carbocycles. The van der Waals surface area contributed by atoms with E-state index in [1.807, 2.05) is 10.8 Å². The summed E-state index contributed by atoms with van der Waals surface area (Å²) in [6.07, 6.45) is 4.51. The number of nitrogens with zero attached hydrogens (tertiary/aromatic N) is 2. The molecule has 0 atom stereocenters. The van der Waals surface area contributed by atoms with Crippen LogP contribution in [0.25, 0.3) is 0 Å². The number of aromatic nitrogens is 2. The van der Waals surface area contributed by atoms with Gasteiger partial charge in [-0.05, 0) is 24.6 Å². The third-order valence-electron chi connectivity index (χ3n) is 2.88. The minimum Gasteiger partial charge on any atom is -0.505 e. The van der Waals surface area contributed by atoms with Gasteiger partial charge in [0, 0.05) is 24.5 Å². The first-order chi connectivity index (χ1) is 9.61. The van der Waals surface area contributed by atoms with Gasteiger partial charge in [0.2, 0.25) is 0 Å². The first-order valence-electron chi connectivity index (χ1n) is 6.38. The number of phenols is 1. The number of halogens is 1. The lowest BCUT2D eigenvalue weighted by molar-refractivity contribution is 0.0949. The second-order valence-electron chi connectivity index (χ2n) is 4.39. The van der Waals surface area contributed by atoms with E-state index >= 15 is 0 Å². The lowest BCUT2D eigenvalue weighted by atomic mass is 10.2. The Bertz CT molecular complexity index is 610. The van der Waals surface area contributed by atoms with Crippen molar-refractivity contribution in [3.05, 3.63) is 47.8 Å². The maximum absolute atomic E-state index is 12.9. The van der Waals surface area contributed by atoms with Gasteiger partial charge in [-0.1, -0.05) is 6.92 Å². The summed E-state index contributed by atoms with van der Waals surface area (Å²) in [4.78, 5) is 16.1. The van der Waals surface area contributed by atoms with Crippen LogP contribution in [0.2, 0.25) is 0 Å². The van der Waals surface area contributed by atoms with Gasteiger partial charge in [0.15, 0.2) is 11.6 Å². The van der Waals surface area contributed by atoms with Crippen molar-refractivity contribution in [2.24, 2.45) is 0 Å². The number of aromatic hydroxyl groups is 1. The number of hydrogen-bond donors (Lipinski definition) is 2. The van der Waals surface area contributed by atoms with Crippen molar-refractivity contribution in [2.75, 3.05) is 0 Å². The summed E-state index contributed by atoms with van der Waals surface area (Å²) >= 11 is 0. The molecule has 0 aliphatic carbocycles. The van der Waals surface area contributed by atoms with Crippen molar-refractivity contribution in [2.45, 2.75) is 26.4 Å². The Labute approximate surface area is 116 Å². The number of benzene rings is 1. The molecule has 106 valence electrons. The highest BCUT2D eigenvalue weighted by molar-refractivity contribution is 5.94. The minimum atomic E-state index is -0.750. The summed E-state index contributed by atoms with van der Waals surface area (Å²) < 4.78 is 14.9. The number of hydrogen-bond acceptors (Lipinski definition) is 3. The normalized spacial score (nSPS) is 10.5. The largest absolute Gasteiger partial charge is 0.505 e. The van der Waals surface area contributed by atoms with Gasteiger partial charge < -0.3 is 15.0 Å². The lowest BCUT2D eigenvalue weighted by Crippen LogP contribution is -2.24. The zero-order chi connectivity index (χ0) is 14.5. The molecule has 2 rings (SSSR count). The Hall–Kier alpha value is -2.37. The minimum absolute atomic E-state index is 0.206. The molecule has 1 aromatic heterocycles. The fourth-order valence-electron chi connectivity index (χ4n) is 1.87. The molecule has 20 heavy (non-hydrogen) atoms. The molecular formula is C14H16FN3O2. The van der Waals surface area contributed by atoms with Crippen LogP contribution in [0.4, 0.5) is 4.39 Å². The number of imidazole rings is 1. The zero-order valence-corrected chi connectivity index (χ0v) is 11.1. The molecule has 0 radical (unpaired) electrons. The monoisotopic (exact) mass is 277 g/mol. The van der Waals surface area contributed by atoms with E-state index in [0.29, 0.717) is 0 Å². The van der Waals surface area contributed by atoms with E-state index in [2.05, 4.69) is 17.2 Å². The molecule has 0 aliphatic rings. The van der Waals surface area contributed by atoms with Crippen molar-refractivity contribution < 1.29 is 14.3 Å². The van der Waals surface area contributed by atoms with E-state index in [1.165, 1.54) is 6.07 Å². The van der Waals surface area contributed by atoms with E-state index in [0.717, 1.165) is 30.9 Å². The van der Waals surface area contributed by atoms with Crippen LogP contribution in [0.3, 0.4) is 0 Å². The number of phenolic OH excluding ortho intramolecular Hbond substituents is 1. The standard InChI is InChI=1S/C14H16FN3O2/c1-2-6-18-7-5-16-13(18)9-17-14(20)10-3-4-11(15)12(19)8-10/h3-5,7-8,19H,2,6,9H2,1H3,(H,17,20). The van der Waals surface area contributed by atoms with Crippen molar-refractivity contribution in [3.63, 3.8) is 0 Å². The van der Waals surface area contributed by atoms with Gasteiger partial charge in [0.05, 0.1) is 6.54 Å². The summed E-state index contributed by atoms with van der Waals surface area (Å²) in [5.41, 5.74) is 0.206. The quantitative estimate of drug-likeness (QED) is 0.879. The van der Waals surface area contributed by atoms with Crippen LogP contribution in [-0.4, -0.2) is 20.6 Å². The topological polar surface area (TPSA) is 67.2 Å². The summed E-state index contributed by atoms with van der Waals surface area (Å²) in [5, 5.41) is 11.9. The average Bonchev–Trinajstić information content (AvgIpc) is 2.87. The predicted octanol–water partition coefficient (Wildman–Crippen LogP) is 2.07. The van der Waals surface area contributed by atoms with Gasteiger partial charge in [-0.3, -0.25) is 4.79 Å². The average molecular weight is 277 g/mol. The van der Waals surface area contributed by atoms with E-state index in [1.54, 1.807) is 6.20 Å². The second kappa shape index (κ2) is 6.18. The molecule has 0 aliphatic heterocycles. The molecule has 1 amide bonds. The Morgan fingerprint density at radius 2 is 2.30 bits per heavy atom. The van der Waals surface area contributed by atoms with Gasteiger partial charge in [-0.25, -0.2) is 9.37 Å². The number of amides is 1. The predicted molar refractivity (Wildman–Crippen MR) is 71.8 cm³/mol. The van der Waals surface area contributed by atoms with Gasteiger partial charge in [0.25, 0.3) is 5.91 Å². The van der Waals surface area contributed by atoms with Crippen LogP contribution >= 0.6 is 0 Å². The molecule has 5 nitrogen and oxygen atoms in total. The molecule has 2 aromatic rings. The summed E-state index contributed by atoms with van der Waals surface area (Å²) in [5.74, 6) is -0.914. The number of carbonyl (C=O) groups excluding carboxylic acids is 1. The SMILES string of the molecule is CCCn1ccnc1CNC(=O)c1ccc(F)c(O)c1. The van der Waals surface area contributed by atoms with Gasteiger partial charge in [-0.2, -0.15) is 0 Å². The van der Waals surface area contributed by atoms with E-state index in [9.17, 15) is 14.3 Å². The number of carbonyl (C=O) groups is 1. The Balaban J connectivity index is 2.01. The fraction of sp³-hybridized carbons (Fsp3) is 0.286. The lowest BCUT2D eigenvalue weighted by Gasteiger charge is -2.08. The molecule has 0 saturated carbocycles. The Morgan fingerprint density at radius 1 is 1.50 bits per heavy atom. The third-order valence-corrected chi connectivity index (χ3v) is 2.88. The van der Waals surface area contributed by atoms with Crippen molar-refractivity contribution in [1.29, 1.82) is 0 Å². The number of aryl methyl sites for hydroxylation is 1. The molecule has 0 spiro atoms. The highest BCUT2D eigenvalue weighted by Gasteiger charge is 2.10. The van der Waals surface area contributed by atoms with Crippen LogP contribution in [0.15, 0.2) is 30.6 Å². The van der Waals surface area contributed by atoms with Gasteiger partial charge in [-0.15, -0.1) is 0 Å². The molecule has 2 N–H and O–H groups in total. The summed E-state index contributed by atoms with van der Waals surface area (Å²) in [6, 6.07) is 3.48. The molecule has 0 unspecified atom stereocenters. The molecule has 1 heterocycles. The first kappa shape index (κ1) is 14.0. The van der Waals surface area contributed by atoms with Crippen LogP contribution in [0.5, 0.6) is 5.75 Å². The molecule has 6 heteroatoms. The Morgan fingerprint density at radius 3 is 3.00 bits per heavy atom. The van der Waals surface area contributed by atoms with Crippen LogP contribution in [0, 0.1) is 5.82 Å². The highest BCUT2D eigenvalue weighted by atomic mass is 19.1. The van der Waals surface area contributed by atoms with Crippen molar-refractivity contribution in [1.82, 2.24) is 14.9 Å². The molecular weight excluding hydrogens is 261 g/mol. The maximum atomic E-state index is 12.9. The van der Waals surface area contributed by atoms with Crippen LogP contribution in [-0.2, 0) is 13.1 Å². The number of nitrogens with one attached hydrogen (secondary N) is 1. The molecule has 0 bridgehead atoms. The Kier molecular flexibility index (Phi) is 4.34. The molecule has 0 saturated heterocycles. The van der Waals surface area contributed by atoms with E-state index in [4.69, 9.17) is 0 Å². The third kappa shape index (κ3) is 3.14. The zero-order valence-electron chi connectivity index (χ0n) is 11.1. The van der Waals surface area contributed by atoms with Crippen molar-refractivity contribution in [3.8, 4) is 5.75 Å². The van der Waals surface area contributed by atoms with Crippen LogP contribution < -0.4 is 5.32 Å². The maximum Gasteiger partial charge on any atom is 0.251 e. The van der Waals surface area contributed by atoms with E-state index < -0.39 is 11.6 Å². The van der Waals surface area contributed by atoms with Gasteiger partial charge >= 0.3 is 0 Å². The van der Waals surface area contributed by atoms with E-state index in [-0.39, 0.29) is 18.0 Å². The van der Waals surface area contributed by atoms with Gasteiger partial charge in [0.1, 0.15) is 5.82 Å². The smallest absolute Gasteiger partial charge is 0.251 e. The number of rotatable bonds is 5.